The van der Waals surface area contributed by atoms with Crippen molar-refractivity contribution in [1.82, 2.24) is 9.80 Å². The predicted octanol–water partition coefficient (Wildman–Crippen LogP) is 0.873. The van der Waals surface area contributed by atoms with Crippen molar-refractivity contribution in [2.45, 2.75) is 25.7 Å². The van der Waals surface area contributed by atoms with Gasteiger partial charge in [-0.25, -0.2) is 4.79 Å². The van der Waals surface area contributed by atoms with E-state index >= 15 is 0 Å². The summed E-state index contributed by atoms with van der Waals surface area (Å²) < 4.78 is 0. The number of amides is 2. The van der Waals surface area contributed by atoms with Gasteiger partial charge in [-0.2, -0.15) is 0 Å². The van der Waals surface area contributed by atoms with Crippen molar-refractivity contribution in [3.63, 3.8) is 0 Å². The Balaban J connectivity index is 1.81. The number of nitrogens with zero attached hydrogens (tertiary/aromatic N) is 2. The van der Waals surface area contributed by atoms with Crippen LogP contribution in [0.2, 0.25) is 0 Å². The van der Waals surface area contributed by atoms with Crippen LogP contribution in [-0.2, 0) is 0 Å². The van der Waals surface area contributed by atoms with Gasteiger partial charge in [0.15, 0.2) is 0 Å². The average molecular weight is 211 g/mol. The molecule has 0 bridgehead atoms. The van der Waals surface area contributed by atoms with Crippen LogP contribution in [0.15, 0.2) is 0 Å². The topological polar surface area (TPSA) is 49.6 Å². The highest BCUT2D eigenvalue weighted by molar-refractivity contribution is 5.74. The van der Waals surface area contributed by atoms with E-state index in [0.717, 1.165) is 45.6 Å². The highest BCUT2D eigenvalue weighted by Crippen LogP contribution is 2.18. The van der Waals surface area contributed by atoms with Gasteiger partial charge in [-0.1, -0.05) is 0 Å². The number of hydrogen-bond acceptors (Lipinski definition) is 2. The van der Waals surface area contributed by atoms with Gasteiger partial charge in [0, 0.05) is 26.2 Å². The third-order valence-electron chi connectivity index (χ3n) is 3.59. The van der Waals surface area contributed by atoms with Crippen molar-refractivity contribution < 1.29 is 4.79 Å². The van der Waals surface area contributed by atoms with E-state index in [2.05, 4.69) is 0 Å². The quantitative estimate of drug-likeness (QED) is 0.699. The Hall–Kier alpha value is -0.770. The summed E-state index contributed by atoms with van der Waals surface area (Å²) in [5.41, 5.74) is 5.63. The number of rotatable bonds is 1. The van der Waals surface area contributed by atoms with Gasteiger partial charge in [0.1, 0.15) is 0 Å². The van der Waals surface area contributed by atoms with Crippen molar-refractivity contribution in [3.8, 4) is 0 Å². The maximum absolute atomic E-state index is 12.0. The molecule has 2 fully saturated rings. The molecule has 0 saturated carbocycles. The normalized spacial score (nSPS) is 23.5. The number of hydrogen-bond donors (Lipinski definition) is 1. The van der Waals surface area contributed by atoms with Crippen molar-refractivity contribution in [2.24, 2.45) is 11.7 Å². The fraction of sp³-hybridized carbons (Fsp3) is 0.909. The number of urea groups is 1. The summed E-state index contributed by atoms with van der Waals surface area (Å²) in [4.78, 5) is 16.0. The lowest BCUT2D eigenvalue weighted by atomic mass is 9.97. The first-order valence-electron chi connectivity index (χ1n) is 6.05. The molecule has 2 saturated heterocycles. The molecule has 0 spiro atoms. The minimum absolute atomic E-state index is 0.253. The Labute approximate surface area is 91.4 Å². The molecule has 0 aromatic carbocycles. The third kappa shape index (κ3) is 2.43. The zero-order valence-electron chi connectivity index (χ0n) is 9.32. The lowest BCUT2D eigenvalue weighted by molar-refractivity contribution is 0.141. The van der Waals surface area contributed by atoms with Gasteiger partial charge in [-0.15, -0.1) is 0 Å². The molecule has 15 heavy (non-hydrogen) atoms. The van der Waals surface area contributed by atoms with Gasteiger partial charge in [-0.3, -0.25) is 0 Å². The van der Waals surface area contributed by atoms with Crippen LogP contribution < -0.4 is 5.73 Å². The van der Waals surface area contributed by atoms with Crippen LogP contribution in [0.25, 0.3) is 0 Å². The first-order chi connectivity index (χ1) is 7.31. The molecule has 4 nitrogen and oxygen atoms in total. The smallest absolute Gasteiger partial charge is 0.319 e. The van der Waals surface area contributed by atoms with Gasteiger partial charge in [0.2, 0.25) is 0 Å². The summed E-state index contributed by atoms with van der Waals surface area (Å²) >= 11 is 0. The van der Waals surface area contributed by atoms with E-state index in [0.29, 0.717) is 5.92 Å². The second-order valence-corrected chi connectivity index (χ2v) is 4.64. The number of carbonyl (C=O) groups excluding carboxylic acids is 1. The fourth-order valence-corrected chi connectivity index (χ4v) is 2.47. The van der Waals surface area contributed by atoms with Crippen LogP contribution in [0.1, 0.15) is 25.7 Å². The van der Waals surface area contributed by atoms with Crippen molar-refractivity contribution in [2.75, 3.05) is 32.7 Å². The molecule has 0 radical (unpaired) electrons. The second-order valence-electron chi connectivity index (χ2n) is 4.64. The standard InChI is InChI=1S/C11H21N3O/c12-9-10-3-7-14(8-4-10)11(15)13-5-1-2-6-13/h10H,1-9,12H2. The van der Waals surface area contributed by atoms with Crippen molar-refractivity contribution in [3.05, 3.63) is 0 Å². The molecule has 0 aliphatic carbocycles. The minimum atomic E-state index is 0.253. The monoisotopic (exact) mass is 211 g/mol. The summed E-state index contributed by atoms with van der Waals surface area (Å²) in [7, 11) is 0. The van der Waals surface area contributed by atoms with Gasteiger partial charge < -0.3 is 15.5 Å². The van der Waals surface area contributed by atoms with Crippen LogP contribution in [0.5, 0.6) is 0 Å². The molecule has 2 aliphatic rings. The number of nitrogens with two attached hydrogens (primary N) is 1. The summed E-state index contributed by atoms with van der Waals surface area (Å²) in [6, 6.07) is 0.253. The van der Waals surface area contributed by atoms with Crippen LogP contribution >= 0.6 is 0 Å². The molecule has 4 heteroatoms. The molecular formula is C11H21N3O. The molecule has 2 heterocycles. The molecule has 0 aromatic rings. The van der Waals surface area contributed by atoms with Crippen molar-refractivity contribution >= 4 is 6.03 Å². The lowest BCUT2D eigenvalue weighted by Crippen LogP contribution is -2.46. The maximum atomic E-state index is 12.0. The SMILES string of the molecule is NCC1CCN(C(=O)N2CCCC2)CC1. The second kappa shape index (κ2) is 4.84. The third-order valence-corrected chi connectivity index (χ3v) is 3.59. The molecule has 2 rings (SSSR count). The van der Waals surface area contributed by atoms with Gasteiger partial charge in [0.05, 0.1) is 0 Å². The Kier molecular flexibility index (Phi) is 3.46. The van der Waals surface area contributed by atoms with Crippen LogP contribution in [-0.4, -0.2) is 48.6 Å². The van der Waals surface area contributed by atoms with E-state index in [-0.39, 0.29) is 6.03 Å². The van der Waals surface area contributed by atoms with Crippen LogP contribution in [0.4, 0.5) is 4.79 Å². The number of piperidine rings is 1. The molecule has 0 aromatic heterocycles. The van der Waals surface area contributed by atoms with Crippen LogP contribution in [0.3, 0.4) is 0 Å². The molecule has 2 amide bonds. The van der Waals surface area contributed by atoms with Crippen molar-refractivity contribution in [1.29, 1.82) is 0 Å². The zero-order chi connectivity index (χ0) is 10.7. The molecule has 2 aliphatic heterocycles. The van der Waals surface area contributed by atoms with E-state index in [4.69, 9.17) is 5.73 Å². The van der Waals surface area contributed by atoms with E-state index in [1.807, 2.05) is 9.80 Å². The van der Waals surface area contributed by atoms with E-state index in [1.165, 1.54) is 12.8 Å². The first kappa shape index (κ1) is 10.7. The van der Waals surface area contributed by atoms with E-state index in [9.17, 15) is 4.79 Å². The zero-order valence-corrected chi connectivity index (χ0v) is 9.32. The van der Waals surface area contributed by atoms with Gasteiger partial charge >= 0.3 is 6.03 Å². The number of carbonyl (C=O) groups is 1. The summed E-state index contributed by atoms with van der Waals surface area (Å²) in [5, 5.41) is 0. The van der Waals surface area contributed by atoms with E-state index in [1.54, 1.807) is 0 Å². The Morgan fingerprint density at radius 2 is 1.60 bits per heavy atom. The highest BCUT2D eigenvalue weighted by Gasteiger charge is 2.26. The Morgan fingerprint density at radius 3 is 2.13 bits per heavy atom. The largest absolute Gasteiger partial charge is 0.330 e. The summed E-state index contributed by atoms with van der Waals surface area (Å²) in [6.07, 6.45) is 4.50. The summed E-state index contributed by atoms with van der Waals surface area (Å²) in [5.74, 6) is 0.632. The Morgan fingerprint density at radius 1 is 1.07 bits per heavy atom. The number of likely N-dealkylation sites (tertiary alicyclic amines) is 2. The van der Waals surface area contributed by atoms with Gasteiger partial charge in [0.25, 0.3) is 0 Å². The molecule has 86 valence electrons. The molecule has 2 N–H and O–H groups in total. The lowest BCUT2D eigenvalue weighted by Gasteiger charge is -2.34. The predicted molar refractivity (Wildman–Crippen MR) is 59.6 cm³/mol. The van der Waals surface area contributed by atoms with Gasteiger partial charge in [-0.05, 0) is 38.1 Å². The highest BCUT2D eigenvalue weighted by atomic mass is 16.2. The average Bonchev–Trinajstić information content (AvgIpc) is 2.82. The molecule has 0 atom stereocenters. The molecule has 0 unspecified atom stereocenters. The first-order valence-corrected chi connectivity index (χ1v) is 6.05. The maximum Gasteiger partial charge on any atom is 0.319 e. The molecular weight excluding hydrogens is 190 g/mol. The fourth-order valence-electron chi connectivity index (χ4n) is 2.47. The van der Waals surface area contributed by atoms with E-state index < -0.39 is 0 Å². The Bertz CT molecular complexity index is 218. The van der Waals surface area contributed by atoms with Crippen LogP contribution in [0, 0.1) is 5.92 Å². The summed E-state index contributed by atoms with van der Waals surface area (Å²) in [6.45, 7) is 4.48. The minimum Gasteiger partial charge on any atom is -0.330 e.